The highest BCUT2D eigenvalue weighted by Gasteiger charge is 2.44. The molecular weight excluding hydrogens is 724 g/mol. The van der Waals surface area contributed by atoms with Gasteiger partial charge in [-0.15, -0.1) is 0 Å². The van der Waals surface area contributed by atoms with Gasteiger partial charge in [-0.1, -0.05) is 48.5 Å². The number of amides is 6. The van der Waals surface area contributed by atoms with Crippen LogP contribution in [0.25, 0.3) is 0 Å². The van der Waals surface area contributed by atoms with Gasteiger partial charge in [-0.3, -0.25) is 28.8 Å². The highest BCUT2D eigenvalue weighted by molar-refractivity contribution is 5.96. The predicted octanol–water partition coefficient (Wildman–Crippen LogP) is -0.107. The van der Waals surface area contributed by atoms with Gasteiger partial charge in [0, 0.05) is 25.6 Å². The average molecular weight is 771 g/mol. The van der Waals surface area contributed by atoms with E-state index in [2.05, 4.69) is 26.6 Å². The van der Waals surface area contributed by atoms with E-state index < -0.39 is 72.5 Å². The van der Waals surface area contributed by atoms with Crippen LogP contribution in [-0.2, 0) is 48.0 Å². The molecule has 0 spiro atoms. The van der Waals surface area contributed by atoms with Gasteiger partial charge in [0.25, 0.3) is 5.91 Å². The average Bonchev–Trinajstić information content (AvgIpc) is 3.83. The fraction of sp³-hybridized carbons (Fsp3) is 0.400. The van der Waals surface area contributed by atoms with Crippen molar-refractivity contribution in [3.05, 3.63) is 89.5 Å². The monoisotopic (exact) mass is 770 g/mol. The molecule has 4 aliphatic heterocycles. The molecule has 3 aromatic carbocycles. The van der Waals surface area contributed by atoms with Crippen molar-refractivity contribution in [1.29, 1.82) is 0 Å². The predicted molar refractivity (Wildman–Crippen MR) is 200 cm³/mol. The molecule has 0 aromatic heterocycles. The van der Waals surface area contributed by atoms with E-state index in [9.17, 15) is 33.9 Å². The maximum Gasteiger partial charge on any atom is 0.258 e. The minimum atomic E-state index is -1.50. The zero-order chi connectivity index (χ0) is 39.8. The lowest BCUT2D eigenvalue weighted by atomic mass is 10.0. The Kier molecular flexibility index (Phi) is 12.7. The summed E-state index contributed by atoms with van der Waals surface area (Å²) in [6.45, 7) is 2.64. The van der Waals surface area contributed by atoms with Crippen molar-refractivity contribution in [3.8, 4) is 17.2 Å². The Morgan fingerprint density at radius 2 is 1.62 bits per heavy atom. The number of fused-ring (bicyclic) bond motifs is 17. The summed E-state index contributed by atoms with van der Waals surface area (Å²) in [6, 6.07) is 15.6. The quantitative estimate of drug-likeness (QED) is 0.183. The number of aliphatic hydroxyl groups excluding tert-OH is 1. The topological polar surface area (TPSA) is 214 Å². The SMILES string of the molecule is C[C@@H]1NC(=O)[C@H]([C@@H](C)O)NC(=O)[C@@H]2C[C@H](NC(=O)Cc3ccc4c(c3)OCO4)CN2C(=O)[C@H](Cc2ccccc2)NC(=O)COc2ccc(cc2)CCNC1=O. The highest BCUT2D eigenvalue weighted by Crippen LogP contribution is 2.32. The van der Waals surface area contributed by atoms with Gasteiger partial charge in [0.15, 0.2) is 18.1 Å². The number of nitrogens with zero attached hydrogens (tertiary/aromatic N) is 1. The zero-order valence-electron chi connectivity index (χ0n) is 31.1. The Morgan fingerprint density at radius 3 is 2.38 bits per heavy atom. The number of benzene rings is 3. The van der Waals surface area contributed by atoms with Crippen molar-refractivity contribution in [1.82, 2.24) is 31.5 Å². The summed E-state index contributed by atoms with van der Waals surface area (Å²) in [5.74, 6) is -2.12. The molecule has 6 N–H and O–H groups in total. The first kappa shape index (κ1) is 39.5. The van der Waals surface area contributed by atoms with Crippen LogP contribution in [0.1, 0.15) is 37.0 Å². The van der Waals surface area contributed by atoms with E-state index in [-0.39, 0.29) is 45.1 Å². The second-order valence-electron chi connectivity index (χ2n) is 14.1. The van der Waals surface area contributed by atoms with Gasteiger partial charge in [-0.2, -0.15) is 0 Å². The molecule has 2 bridgehead atoms. The highest BCUT2D eigenvalue weighted by atomic mass is 16.7. The van der Waals surface area contributed by atoms with Gasteiger partial charge in [-0.25, -0.2) is 0 Å². The molecule has 1 saturated heterocycles. The second kappa shape index (κ2) is 18.0. The summed E-state index contributed by atoms with van der Waals surface area (Å²) in [7, 11) is 0. The third-order valence-electron chi connectivity index (χ3n) is 9.79. The van der Waals surface area contributed by atoms with Crippen LogP contribution in [0.15, 0.2) is 72.8 Å². The van der Waals surface area contributed by atoms with Gasteiger partial charge in [0.05, 0.1) is 12.5 Å². The van der Waals surface area contributed by atoms with Crippen LogP contribution >= 0.6 is 0 Å². The molecule has 7 rings (SSSR count). The first-order valence-corrected chi connectivity index (χ1v) is 18.5. The molecule has 4 heterocycles. The number of nitrogens with one attached hydrogen (secondary N) is 5. The van der Waals surface area contributed by atoms with E-state index in [0.717, 1.165) is 11.1 Å². The van der Waals surface area contributed by atoms with Gasteiger partial charge in [-0.05, 0) is 67.6 Å². The molecule has 296 valence electrons. The van der Waals surface area contributed by atoms with E-state index in [0.29, 0.717) is 29.2 Å². The summed E-state index contributed by atoms with van der Waals surface area (Å²) < 4.78 is 16.5. The van der Waals surface area contributed by atoms with Crippen LogP contribution in [0.5, 0.6) is 17.2 Å². The van der Waals surface area contributed by atoms with Crippen LogP contribution < -0.4 is 40.8 Å². The molecule has 4 aliphatic rings. The van der Waals surface area contributed by atoms with E-state index in [1.165, 1.54) is 18.7 Å². The molecule has 3 aromatic rings. The molecule has 56 heavy (non-hydrogen) atoms. The summed E-state index contributed by atoms with van der Waals surface area (Å²) in [5.41, 5.74) is 2.28. The Morgan fingerprint density at radius 1 is 0.875 bits per heavy atom. The first-order chi connectivity index (χ1) is 26.9. The van der Waals surface area contributed by atoms with Crippen LogP contribution in [0.4, 0.5) is 0 Å². The largest absolute Gasteiger partial charge is 0.484 e. The molecule has 0 unspecified atom stereocenters. The molecular formula is C40H46N6O10. The minimum absolute atomic E-state index is 0.0244. The third kappa shape index (κ3) is 10.1. The van der Waals surface area contributed by atoms with Gasteiger partial charge >= 0.3 is 0 Å². The maximum atomic E-state index is 14.5. The van der Waals surface area contributed by atoms with E-state index in [4.69, 9.17) is 14.2 Å². The Hall–Kier alpha value is -6.16. The van der Waals surface area contributed by atoms with Crippen molar-refractivity contribution < 1.29 is 48.1 Å². The van der Waals surface area contributed by atoms with E-state index in [1.807, 2.05) is 6.07 Å². The van der Waals surface area contributed by atoms with E-state index >= 15 is 0 Å². The van der Waals surface area contributed by atoms with Crippen LogP contribution in [-0.4, -0.2) is 108 Å². The van der Waals surface area contributed by atoms with Gasteiger partial charge in [0.1, 0.15) is 29.9 Å². The third-order valence-corrected chi connectivity index (χ3v) is 9.79. The maximum absolute atomic E-state index is 14.5. The minimum Gasteiger partial charge on any atom is -0.484 e. The number of hydrogen-bond acceptors (Lipinski definition) is 10. The van der Waals surface area contributed by atoms with Crippen LogP contribution in [0, 0.1) is 0 Å². The summed E-state index contributed by atoms with van der Waals surface area (Å²) in [5, 5.41) is 24.2. The lowest BCUT2D eigenvalue weighted by molar-refractivity contribution is -0.143. The van der Waals surface area contributed by atoms with Crippen LogP contribution in [0.3, 0.4) is 0 Å². The van der Waals surface area contributed by atoms with Crippen molar-refractivity contribution in [2.45, 2.75) is 75.8 Å². The number of aliphatic hydroxyl groups is 1. The first-order valence-electron chi connectivity index (χ1n) is 18.5. The van der Waals surface area contributed by atoms with Crippen LogP contribution in [0.2, 0.25) is 0 Å². The number of hydrogen-bond donors (Lipinski definition) is 6. The lowest BCUT2D eigenvalue weighted by Gasteiger charge is -2.30. The smallest absolute Gasteiger partial charge is 0.258 e. The molecule has 6 atom stereocenters. The Labute approximate surface area is 323 Å². The summed E-state index contributed by atoms with van der Waals surface area (Å²) in [6.07, 6.45) is -0.910. The normalized spacial score (nSPS) is 23.9. The number of ether oxygens (including phenoxy) is 3. The van der Waals surface area contributed by atoms with Crippen molar-refractivity contribution >= 4 is 35.4 Å². The molecule has 6 amide bonds. The van der Waals surface area contributed by atoms with E-state index in [1.54, 1.807) is 66.7 Å². The number of carbonyl (C=O) groups excluding carboxylic acids is 6. The van der Waals surface area contributed by atoms with Gasteiger partial charge < -0.3 is 50.8 Å². The Balaban J connectivity index is 1.27. The summed E-state index contributed by atoms with van der Waals surface area (Å²) >= 11 is 0. The molecule has 0 saturated carbocycles. The molecule has 16 heteroatoms. The molecule has 16 nitrogen and oxygen atoms in total. The van der Waals surface area contributed by atoms with Crippen molar-refractivity contribution in [2.24, 2.45) is 0 Å². The Bertz CT molecular complexity index is 1920. The fourth-order valence-electron chi connectivity index (χ4n) is 6.84. The fourth-order valence-corrected chi connectivity index (χ4v) is 6.84. The molecule has 0 aliphatic carbocycles. The lowest BCUT2D eigenvalue weighted by Crippen LogP contribution is -2.60. The summed E-state index contributed by atoms with van der Waals surface area (Å²) in [4.78, 5) is 82.8. The molecule has 0 radical (unpaired) electrons. The van der Waals surface area contributed by atoms with Gasteiger partial charge in [0.2, 0.25) is 36.3 Å². The number of rotatable bonds is 6. The zero-order valence-corrected chi connectivity index (χ0v) is 31.1. The molecule has 1 fully saturated rings. The van der Waals surface area contributed by atoms with Crippen molar-refractivity contribution in [3.63, 3.8) is 0 Å². The standard InChI is InChI=1S/C40H46N6O10/c1-23-37(50)41-15-14-25-8-11-29(12-9-25)54-21-35(49)44-30(16-26-6-4-3-5-7-26)40(53)46-20-28(19-31(46)38(51)45-36(24(2)47)39(52)42-23)43-34(48)18-27-10-13-32-33(17-27)56-22-55-32/h3-13,17,23-24,28,30-31,36,47H,14-16,18-22H2,1-2H3,(H,41,50)(H,42,52)(H,43,48)(H,44,49)(H,45,51)/t23-,24+,28-,30-,31-,36-/m0/s1. The van der Waals surface area contributed by atoms with Crippen molar-refractivity contribution in [2.75, 3.05) is 26.5 Å². The second-order valence-corrected chi connectivity index (χ2v) is 14.1. The number of carbonyl (C=O) groups is 6.